The van der Waals surface area contributed by atoms with Crippen molar-refractivity contribution in [3.63, 3.8) is 0 Å². The zero-order valence-corrected chi connectivity index (χ0v) is 6.93. The Labute approximate surface area is 63.1 Å². The van der Waals surface area contributed by atoms with Crippen molar-refractivity contribution in [2.75, 3.05) is 0 Å². The number of hydrogen-bond acceptors (Lipinski definition) is 2. The van der Waals surface area contributed by atoms with Crippen LogP contribution in [0.2, 0.25) is 0 Å². The van der Waals surface area contributed by atoms with Gasteiger partial charge in [0, 0.05) is 6.04 Å². The molecular formula is C8H18N2. The molecule has 0 aliphatic heterocycles. The summed E-state index contributed by atoms with van der Waals surface area (Å²) in [6.45, 7) is 4.64. The molecule has 0 amide bonds. The van der Waals surface area contributed by atoms with Gasteiger partial charge in [-0.05, 0) is 31.1 Å². The first-order chi connectivity index (χ1) is 4.74. The summed E-state index contributed by atoms with van der Waals surface area (Å²) in [7, 11) is 0. The van der Waals surface area contributed by atoms with E-state index in [4.69, 9.17) is 5.84 Å². The Morgan fingerprint density at radius 3 is 2.40 bits per heavy atom. The second-order valence-electron chi connectivity index (χ2n) is 3.63. The van der Waals surface area contributed by atoms with Crippen LogP contribution in [0.25, 0.3) is 0 Å². The Balaban J connectivity index is 2.33. The molecule has 0 unspecified atom stereocenters. The number of hydrogen-bond donors (Lipinski definition) is 2. The summed E-state index contributed by atoms with van der Waals surface area (Å²) in [5.74, 6) is 7.10. The third kappa shape index (κ3) is 1.70. The fourth-order valence-electron chi connectivity index (χ4n) is 1.70. The second kappa shape index (κ2) is 3.35. The fourth-order valence-corrected chi connectivity index (χ4v) is 1.70. The molecule has 60 valence electrons. The van der Waals surface area contributed by atoms with Gasteiger partial charge >= 0.3 is 0 Å². The van der Waals surface area contributed by atoms with Crippen LogP contribution >= 0.6 is 0 Å². The molecule has 1 saturated carbocycles. The molecule has 3 atom stereocenters. The zero-order chi connectivity index (χ0) is 7.56. The van der Waals surface area contributed by atoms with E-state index in [-0.39, 0.29) is 0 Å². The van der Waals surface area contributed by atoms with Crippen LogP contribution in [-0.2, 0) is 0 Å². The van der Waals surface area contributed by atoms with E-state index >= 15 is 0 Å². The Hall–Kier alpha value is -0.0800. The maximum Gasteiger partial charge on any atom is 0.0213 e. The fraction of sp³-hybridized carbons (Fsp3) is 1.00. The smallest absolute Gasteiger partial charge is 0.0213 e. The monoisotopic (exact) mass is 142 g/mol. The Morgan fingerprint density at radius 2 is 1.90 bits per heavy atom. The maximum atomic E-state index is 5.36. The predicted molar refractivity (Wildman–Crippen MR) is 43.3 cm³/mol. The van der Waals surface area contributed by atoms with Crippen LogP contribution in [0.15, 0.2) is 0 Å². The van der Waals surface area contributed by atoms with Gasteiger partial charge in [0.15, 0.2) is 0 Å². The number of rotatable bonds is 1. The number of nitrogens with one attached hydrogen (secondary N) is 1. The van der Waals surface area contributed by atoms with Gasteiger partial charge in [0.25, 0.3) is 0 Å². The van der Waals surface area contributed by atoms with Crippen LogP contribution in [0.3, 0.4) is 0 Å². The average molecular weight is 142 g/mol. The zero-order valence-electron chi connectivity index (χ0n) is 6.93. The Morgan fingerprint density at radius 1 is 1.20 bits per heavy atom. The molecular weight excluding hydrogens is 124 g/mol. The summed E-state index contributed by atoms with van der Waals surface area (Å²) in [5, 5.41) is 0. The highest BCUT2D eigenvalue weighted by Gasteiger charge is 2.23. The maximum absolute atomic E-state index is 5.36. The molecule has 3 N–H and O–H groups in total. The average Bonchev–Trinajstić information content (AvgIpc) is 1.95. The third-order valence-electron chi connectivity index (χ3n) is 2.83. The van der Waals surface area contributed by atoms with Gasteiger partial charge in [-0.15, -0.1) is 0 Å². The van der Waals surface area contributed by atoms with E-state index in [0.29, 0.717) is 6.04 Å². The highest BCUT2D eigenvalue weighted by Crippen LogP contribution is 2.28. The lowest BCUT2D eigenvalue weighted by atomic mass is 9.79. The summed E-state index contributed by atoms with van der Waals surface area (Å²) >= 11 is 0. The van der Waals surface area contributed by atoms with Crippen molar-refractivity contribution in [3.8, 4) is 0 Å². The largest absolute Gasteiger partial charge is 0.271 e. The first kappa shape index (κ1) is 8.02. The molecule has 2 heteroatoms. The summed E-state index contributed by atoms with van der Waals surface area (Å²) in [6, 6.07) is 0.575. The van der Waals surface area contributed by atoms with Crippen molar-refractivity contribution in [2.24, 2.45) is 17.7 Å². The van der Waals surface area contributed by atoms with Crippen LogP contribution in [0.5, 0.6) is 0 Å². The predicted octanol–water partition coefficient (Wildman–Crippen LogP) is 1.27. The van der Waals surface area contributed by atoms with Gasteiger partial charge in [0.2, 0.25) is 0 Å². The molecule has 0 spiro atoms. The van der Waals surface area contributed by atoms with Crippen molar-refractivity contribution < 1.29 is 0 Å². The van der Waals surface area contributed by atoms with Gasteiger partial charge in [-0.3, -0.25) is 11.3 Å². The topological polar surface area (TPSA) is 38.0 Å². The molecule has 1 aliphatic carbocycles. The lowest BCUT2D eigenvalue weighted by molar-refractivity contribution is 0.227. The van der Waals surface area contributed by atoms with E-state index in [0.717, 1.165) is 11.8 Å². The van der Waals surface area contributed by atoms with E-state index in [1.807, 2.05) is 0 Å². The SMILES string of the molecule is C[C@@H]1CC[C@@H](NN)C[C@@H]1C. The van der Waals surface area contributed by atoms with Crippen LogP contribution in [0.4, 0.5) is 0 Å². The molecule has 0 aromatic heterocycles. The van der Waals surface area contributed by atoms with Gasteiger partial charge in [-0.2, -0.15) is 0 Å². The molecule has 0 saturated heterocycles. The van der Waals surface area contributed by atoms with E-state index in [1.54, 1.807) is 0 Å². The Kier molecular flexibility index (Phi) is 2.69. The van der Waals surface area contributed by atoms with Gasteiger partial charge in [0.05, 0.1) is 0 Å². The van der Waals surface area contributed by atoms with E-state index in [9.17, 15) is 0 Å². The van der Waals surface area contributed by atoms with Crippen molar-refractivity contribution in [1.82, 2.24) is 5.43 Å². The van der Waals surface area contributed by atoms with Gasteiger partial charge in [-0.25, -0.2) is 0 Å². The van der Waals surface area contributed by atoms with Gasteiger partial charge in [-0.1, -0.05) is 13.8 Å². The van der Waals surface area contributed by atoms with Crippen molar-refractivity contribution >= 4 is 0 Å². The van der Waals surface area contributed by atoms with E-state index in [2.05, 4.69) is 19.3 Å². The van der Waals surface area contributed by atoms with Crippen LogP contribution in [-0.4, -0.2) is 6.04 Å². The van der Waals surface area contributed by atoms with Crippen molar-refractivity contribution in [1.29, 1.82) is 0 Å². The molecule has 0 heterocycles. The molecule has 1 fully saturated rings. The highest BCUT2D eigenvalue weighted by molar-refractivity contribution is 4.77. The first-order valence-electron chi connectivity index (χ1n) is 4.20. The van der Waals surface area contributed by atoms with Crippen molar-refractivity contribution in [3.05, 3.63) is 0 Å². The normalized spacial score (nSPS) is 41.7. The molecule has 1 aliphatic rings. The first-order valence-corrected chi connectivity index (χ1v) is 4.20. The lowest BCUT2D eigenvalue weighted by Gasteiger charge is -2.31. The molecule has 0 aromatic rings. The quantitative estimate of drug-likeness (QED) is 0.427. The van der Waals surface area contributed by atoms with Crippen LogP contribution in [0, 0.1) is 11.8 Å². The third-order valence-corrected chi connectivity index (χ3v) is 2.83. The number of hydrazine groups is 1. The van der Waals surface area contributed by atoms with E-state index in [1.165, 1.54) is 19.3 Å². The van der Waals surface area contributed by atoms with Crippen molar-refractivity contribution in [2.45, 2.75) is 39.2 Å². The summed E-state index contributed by atoms with van der Waals surface area (Å²) < 4.78 is 0. The molecule has 10 heavy (non-hydrogen) atoms. The summed E-state index contributed by atoms with van der Waals surface area (Å²) in [5.41, 5.74) is 2.85. The van der Waals surface area contributed by atoms with Gasteiger partial charge < -0.3 is 0 Å². The number of nitrogens with two attached hydrogens (primary N) is 1. The minimum atomic E-state index is 0.575. The summed E-state index contributed by atoms with van der Waals surface area (Å²) in [6.07, 6.45) is 3.83. The van der Waals surface area contributed by atoms with Crippen LogP contribution < -0.4 is 11.3 Å². The molecule has 0 aromatic carbocycles. The lowest BCUT2D eigenvalue weighted by Crippen LogP contribution is -2.40. The molecule has 2 nitrogen and oxygen atoms in total. The summed E-state index contributed by atoms with van der Waals surface area (Å²) in [4.78, 5) is 0. The van der Waals surface area contributed by atoms with Gasteiger partial charge in [0.1, 0.15) is 0 Å². The van der Waals surface area contributed by atoms with Crippen LogP contribution in [0.1, 0.15) is 33.1 Å². The highest BCUT2D eigenvalue weighted by atomic mass is 15.2. The second-order valence-corrected chi connectivity index (χ2v) is 3.63. The minimum Gasteiger partial charge on any atom is -0.271 e. The van der Waals surface area contributed by atoms with E-state index < -0.39 is 0 Å². The standard InChI is InChI=1S/C8H18N2/c1-6-3-4-8(10-9)5-7(6)2/h6-8,10H,3-5,9H2,1-2H3/t6-,7+,8-/m1/s1. The molecule has 1 rings (SSSR count). The molecule has 0 bridgehead atoms. The minimum absolute atomic E-state index is 0.575. The Bertz CT molecular complexity index is 103. The molecule has 0 radical (unpaired) electrons.